The van der Waals surface area contributed by atoms with Crippen molar-refractivity contribution >= 4 is 18.2 Å². The number of amides is 1. The van der Waals surface area contributed by atoms with Crippen LogP contribution in [0.25, 0.3) is 0 Å². The molecule has 0 aliphatic carbocycles. The van der Waals surface area contributed by atoms with Gasteiger partial charge in [-0.15, -0.1) is 0 Å². The predicted octanol–water partition coefficient (Wildman–Crippen LogP) is 1.61. The van der Waals surface area contributed by atoms with E-state index in [1.807, 2.05) is 16.7 Å². The Balaban J connectivity index is 3.28. The van der Waals surface area contributed by atoms with Crippen molar-refractivity contribution in [3.05, 3.63) is 0 Å². The number of rotatable bonds is 7. The molecule has 0 aliphatic heterocycles. The van der Waals surface area contributed by atoms with Crippen LogP contribution in [0.5, 0.6) is 0 Å². The summed E-state index contributed by atoms with van der Waals surface area (Å²) in [6, 6.07) is 0. The van der Waals surface area contributed by atoms with E-state index in [-0.39, 0.29) is 0 Å². The van der Waals surface area contributed by atoms with Crippen molar-refractivity contribution < 1.29 is 4.79 Å². The highest BCUT2D eigenvalue weighted by Crippen LogP contribution is 1.97. The van der Waals surface area contributed by atoms with E-state index < -0.39 is 0 Å². The zero-order chi connectivity index (χ0) is 8.53. The van der Waals surface area contributed by atoms with E-state index >= 15 is 0 Å². The zero-order valence-corrected chi connectivity index (χ0v) is 8.19. The number of hydrogen-bond donors (Lipinski definition) is 0. The smallest absolute Gasteiger partial charge is 0.209 e. The molecule has 0 fully saturated rings. The number of hydrogen-bond acceptors (Lipinski definition) is 2. The van der Waals surface area contributed by atoms with Gasteiger partial charge in [0.25, 0.3) is 0 Å². The monoisotopic (exact) mass is 175 g/mol. The van der Waals surface area contributed by atoms with Crippen LogP contribution in [-0.2, 0) is 4.79 Å². The third kappa shape index (κ3) is 6.23. The SMILES string of the molecule is CCCN(C=O)CCCSC. The molecule has 0 aliphatic rings. The maximum Gasteiger partial charge on any atom is 0.209 e. The van der Waals surface area contributed by atoms with Gasteiger partial charge in [-0.05, 0) is 24.9 Å². The molecule has 0 radical (unpaired) electrons. The van der Waals surface area contributed by atoms with E-state index in [2.05, 4.69) is 13.2 Å². The fourth-order valence-electron chi connectivity index (χ4n) is 0.916. The van der Waals surface area contributed by atoms with Gasteiger partial charge in [0.2, 0.25) is 6.41 Å². The molecule has 0 aromatic carbocycles. The number of thioether (sulfide) groups is 1. The van der Waals surface area contributed by atoms with Gasteiger partial charge >= 0.3 is 0 Å². The van der Waals surface area contributed by atoms with Crippen LogP contribution in [-0.4, -0.2) is 36.4 Å². The van der Waals surface area contributed by atoms with E-state index in [0.29, 0.717) is 0 Å². The van der Waals surface area contributed by atoms with Gasteiger partial charge in [0, 0.05) is 13.1 Å². The highest BCUT2D eigenvalue weighted by Gasteiger charge is 1.97. The molecule has 0 atom stereocenters. The lowest BCUT2D eigenvalue weighted by Crippen LogP contribution is -2.24. The quantitative estimate of drug-likeness (QED) is 0.433. The maximum atomic E-state index is 10.4. The Morgan fingerprint density at radius 3 is 2.64 bits per heavy atom. The Hall–Kier alpha value is -0.180. The first-order chi connectivity index (χ1) is 5.35. The lowest BCUT2D eigenvalue weighted by molar-refractivity contribution is -0.118. The highest BCUT2D eigenvalue weighted by atomic mass is 32.2. The molecular weight excluding hydrogens is 158 g/mol. The first-order valence-corrected chi connectivity index (χ1v) is 5.42. The molecule has 0 aromatic rings. The maximum absolute atomic E-state index is 10.4. The first kappa shape index (κ1) is 10.8. The van der Waals surface area contributed by atoms with Crippen LogP contribution in [0.1, 0.15) is 19.8 Å². The van der Waals surface area contributed by atoms with Crippen molar-refractivity contribution in [2.24, 2.45) is 0 Å². The van der Waals surface area contributed by atoms with Crippen molar-refractivity contribution in [2.45, 2.75) is 19.8 Å². The molecule has 3 heteroatoms. The first-order valence-electron chi connectivity index (χ1n) is 4.03. The van der Waals surface area contributed by atoms with Gasteiger partial charge in [-0.1, -0.05) is 6.92 Å². The Bertz CT molecular complexity index is 98.1. The molecule has 0 saturated heterocycles. The van der Waals surface area contributed by atoms with Crippen LogP contribution in [0.15, 0.2) is 0 Å². The van der Waals surface area contributed by atoms with Crippen molar-refractivity contribution in [1.82, 2.24) is 4.90 Å². The molecule has 11 heavy (non-hydrogen) atoms. The molecule has 0 rings (SSSR count). The third-order valence-corrected chi connectivity index (χ3v) is 2.15. The fourth-order valence-corrected chi connectivity index (χ4v) is 1.33. The Morgan fingerprint density at radius 1 is 1.45 bits per heavy atom. The number of carbonyl (C=O) groups is 1. The lowest BCUT2D eigenvalue weighted by atomic mass is 10.4. The lowest BCUT2D eigenvalue weighted by Gasteiger charge is -2.15. The van der Waals surface area contributed by atoms with Gasteiger partial charge in [0.05, 0.1) is 0 Å². The van der Waals surface area contributed by atoms with Crippen molar-refractivity contribution in [2.75, 3.05) is 25.1 Å². The third-order valence-electron chi connectivity index (χ3n) is 1.45. The molecule has 2 nitrogen and oxygen atoms in total. The number of nitrogens with zero attached hydrogens (tertiary/aromatic N) is 1. The highest BCUT2D eigenvalue weighted by molar-refractivity contribution is 7.98. The van der Waals surface area contributed by atoms with Gasteiger partial charge in [0.15, 0.2) is 0 Å². The molecule has 66 valence electrons. The molecule has 1 amide bonds. The predicted molar refractivity (Wildman–Crippen MR) is 50.9 cm³/mol. The topological polar surface area (TPSA) is 20.3 Å². The molecule has 0 N–H and O–H groups in total. The summed E-state index contributed by atoms with van der Waals surface area (Å²) in [5, 5.41) is 0. The number of carbonyl (C=O) groups excluding carboxylic acids is 1. The van der Waals surface area contributed by atoms with Crippen molar-refractivity contribution in [1.29, 1.82) is 0 Å². The van der Waals surface area contributed by atoms with Crippen LogP contribution < -0.4 is 0 Å². The minimum atomic E-state index is 0.901. The van der Waals surface area contributed by atoms with Gasteiger partial charge in [-0.2, -0.15) is 11.8 Å². The summed E-state index contributed by atoms with van der Waals surface area (Å²) in [6.07, 6.45) is 5.20. The summed E-state index contributed by atoms with van der Waals surface area (Å²) in [7, 11) is 0. The fraction of sp³-hybridized carbons (Fsp3) is 0.875. The second kappa shape index (κ2) is 7.92. The van der Waals surface area contributed by atoms with Gasteiger partial charge in [-0.25, -0.2) is 0 Å². The van der Waals surface area contributed by atoms with Gasteiger partial charge < -0.3 is 4.90 Å². The van der Waals surface area contributed by atoms with Gasteiger partial charge in [0.1, 0.15) is 0 Å². The van der Waals surface area contributed by atoms with Crippen LogP contribution in [0.4, 0.5) is 0 Å². The van der Waals surface area contributed by atoms with E-state index in [9.17, 15) is 4.79 Å². The minimum Gasteiger partial charge on any atom is -0.345 e. The Morgan fingerprint density at radius 2 is 2.18 bits per heavy atom. The zero-order valence-electron chi connectivity index (χ0n) is 7.38. The second-order valence-electron chi connectivity index (χ2n) is 2.49. The second-order valence-corrected chi connectivity index (χ2v) is 3.47. The summed E-state index contributed by atoms with van der Waals surface area (Å²) < 4.78 is 0. The van der Waals surface area contributed by atoms with Crippen molar-refractivity contribution in [3.8, 4) is 0 Å². The average molecular weight is 175 g/mol. The minimum absolute atomic E-state index is 0.901. The summed E-state index contributed by atoms with van der Waals surface area (Å²) in [5.41, 5.74) is 0. The molecule has 0 heterocycles. The van der Waals surface area contributed by atoms with Crippen LogP contribution in [0.2, 0.25) is 0 Å². The molecule has 0 saturated carbocycles. The molecule has 0 bridgehead atoms. The van der Waals surface area contributed by atoms with Crippen LogP contribution in [0, 0.1) is 0 Å². The van der Waals surface area contributed by atoms with Crippen LogP contribution >= 0.6 is 11.8 Å². The molecule has 0 spiro atoms. The normalized spacial score (nSPS) is 9.64. The van der Waals surface area contributed by atoms with E-state index in [0.717, 1.165) is 38.1 Å². The average Bonchev–Trinajstić information content (AvgIpc) is 2.03. The summed E-state index contributed by atoms with van der Waals surface area (Å²) in [5.74, 6) is 1.15. The Kier molecular flexibility index (Phi) is 7.79. The largest absolute Gasteiger partial charge is 0.345 e. The van der Waals surface area contributed by atoms with Crippen molar-refractivity contribution in [3.63, 3.8) is 0 Å². The Labute approximate surface area is 73.3 Å². The summed E-state index contributed by atoms with van der Waals surface area (Å²) >= 11 is 1.83. The van der Waals surface area contributed by atoms with E-state index in [1.54, 1.807) is 0 Å². The van der Waals surface area contributed by atoms with E-state index in [1.165, 1.54) is 0 Å². The standard InChI is InChI=1S/C8H17NOS/c1-3-5-9(8-10)6-4-7-11-2/h8H,3-7H2,1-2H3. The molecular formula is C8H17NOS. The van der Waals surface area contributed by atoms with Gasteiger partial charge in [-0.3, -0.25) is 4.79 Å². The summed E-state index contributed by atoms with van der Waals surface area (Å²) in [4.78, 5) is 12.3. The van der Waals surface area contributed by atoms with Crippen LogP contribution in [0.3, 0.4) is 0 Å². The van der Waals surface area contributed by atoms with E-state index in [4.69, 9.17) is 0 Å². The summed E-state index contributed by atoms with van der Waals surface area (Å²) in [6.45, 7) is 3.90. The molecule has 0 aromatic heterocycles. The molecule has 0 unspecified atom stereocenters.